The molecule has 1 aromatic rings. The topological polar surface area (TPSA) is 42.4 Å². The molecule has 4 nitrogen and oxygen atoms in total. The Morgan fingerprint density at radius 3 is 3.00 bits per heavy atom. The number of pyridine rings is 1. The molecule has 0 saturated heterocycles. The van der Waals surface area contributed by atoms with E-state index < -0.39 is 0 Å². The molecule has 0 saturated carbocycles. The van der Waals surface area contributed by atoms with E-state index >= 15 is 0 Å². The average Bonchev–Trinajstić information content (AvgIpc) is 2.25. The summed E-state index contributed by atoms with van der Waals surface area (Å²) in [5.74, 6) is 0.471. The lowest BCUT2D eigenvalue weighted by molar-refractivity contribution is -0.116. The van der Waals surface area contributed by atoms with Crippen molar-refractivity contribution >= 4 is 21.7 Å². The zero-order valence-electron chi connectivity index (χ0n) is 9.18. The first kappa shape index (κ1) is 12.7. The third kappa shape index (κ3) is 4.44. The molecule has 0 fully saturated rings. The van der Waals surface area contributed by atoms with Gasteiger partial charge in [-0.15, -0.1) is 0 Å². The van der Waals surface area contributed by atoms with Gasteiger partial charge in [-0.2, -0.15) is 0 Å². The molecule has 0 N–H and O–H groups in total. The molecule has 5 heteroatoms. The molecule has 0 radical (unpaired) electrons. The van der Waals surface area contributed by atoms with Gasteiger partial charge < -0.3 is 9.64 Å². The highest BCUT2D eigenvalue weighted by Crippen LogP contribution is 2.20. The number of halogens is 1. The Morgan fingerprint density at radius 2 is 2.38 bits per heavy atom. The van der Waals surface area contributed by atoms with Crippen LogP contribution in [0.25, 0.3) is 0 Å². The van der Waals surface area contributed by atoms with Crippen LogP contribution in [0.1, 0.15) is 0 Å². The second-order valence-corrected chi connectivity index (χ2v) is 4.08. The Morgan fingerprint density at radius 1 is 1.62 bits per heavy atom. The lowest BCUT2D eigenvalue weighted by Gasteiger charge is -2.05. The minimum absolute atomic E-state index is 0.00856. The van der Waals surface area contributed by atoms with E-state index in [1.807, 2.05) is 14.1 Å². The van der Waals surface area contributed by atoms with Gasteiger partial charge in [0, 0.05) is 32.6 Å². The standard InChI is InChI=1S/C11H13BrN2O2/c1-14(2)7-5-9(15)8-16-10-4-3-6-13-11(10)12/h3-7H,8H2,1-2H3. The van der Waals surface area contributed by atoms with Crippen molar-refractivity contribution in [1.82, 2.24) is 9.88 Å². The number of rotatable bonds is 5. The van der Waals surface area contributed by atoms with E-state index in [4.69, 9.17) is 4.74 Å². The van der Waals surface area contributed by atoms with E-state index in [0.29, 0.717) is 10.4 Å². The molecule has 0 atom stereocenters. The quantitative estimate of drug-likeness (QED) is 0.612. The number of ether oxygens (including phenoxy) is 1. The summed E-state index contributed by atoms with van der Waals surface area (Å²) in [7, 11) is 3.70. The molecule has 1 rings (SSSR count). The zero-order chi connectivity index (χ0) is 12.0. The molecule has 1 heterocycles. The molecule has 0 aromatic carbocycles. The maximum Gasteiger partial charge on any atom is 0.194 e. The molecular weight excluding hydrogens is 272 g/mol. The summed E-state index contributed by atoms with van der Waals surface area (Å²) < 4.78 is 5.90. The molecule has 0 unspecified atom stereocenters. The predicted octanol–water partition coefficient (Wildman–Crippen LogP) is 1.87. The van der Waals surface area contributed by atoms with Crippen molar-refractivity contribution in [3.8, 4) is 5.75 Å². The molecule has 0 aliphatic carbocycles. The van der Waals surface area contributed by atoms with Crippen LogP contribution in [0.4, 0.5) is 0 Å². The summed E-state index contributed by atoms with van der Waals surface area (Å²) in [6, 6.07) is 3.50. The fourth-order valence-electron chi connectivity index (χ4n) is 0.908. The average molecular weight is 285 g/mol. The lowest BCUT2D eigenvalue weighted by Crippen LogP contribution is -2.10. The molecule has 0 aliphatic heterocycles. The maximum absolute atomic E-state index is 11.4. The minimum Gasteiger partial charge on any atom is -0.483 e. The molecule has 16 heavy (non-hydrogen) atoms. The Kier molecular flexibility index (Phi) is 4.98. The second-order valence-electron chi connectivity index (χ2n) is 3.33. The van der Waals surface area contributed by atoms with Crippen molar-refractivity contribution in [3.05, 3.63) is 35.2 Å². The number of carbonyl (C=O) groups is 1. The maximum atomic E-state index is 11.4. The first-order valence-electron chi connectivity index (χ1n) is 4.70. The highest BCUT2D eigenvalue weighted by Gasteiger charge is 2.03. The van der Waals surface area contributed by atoms with Crippen LogP contribution < -0.4 is 4.74 Å². The highest BCUT2D eigenvalue weighted by molar-refractivity contribution is 9.10. The fourth-order valence-corrected chi connectivity index (χ4v) is 1.27. The molecule has 0 spiro atoms. The van der Waals surface area contributed by atoms with Gasteiger partial charge in [-0.3, -0.25) is 4.79 Å². The van der Waals surface area contributed by atoms with Crippen LogP contribution in [0.5, 0.6) is 5.75 Å². The second kappa shape index (κ2) is 6.27. The van der Waals surface area contributed by atoms with Crippen molar-refractivity contribution < 1.29 is 9.53 Å². The minimum atomic E-state index is -0.0931. The van der Waals surface area contributed by atoms with E-state index in [2.05, 4.69) is 20.9 Å². The lowest BCUT2D eigenvalue weighted by atomic mass is 10.4. The largest absolute Gasteiger partial charge is 0.483 e. The summed E-state index contributed by atoms with van der Waals surface area (Å²) in [5, 5.41) is 0. The molecule has 1 aromatic heterocycles. The van der Waals surface area contributed by atoms with Gasteiger partial charge in [0.2, 0.25) is 0 Å². The first-order valence-corrected chi connectivity index (χ1v) is 5.49. The van der Waals surface area contributed by atoms with Crippen molar-refractivity contribution in [2.24, 2.45) is 0 Å². The van der Waals surface area contributed by atoms with Gasteiger partial charge in [-0.1, -0.05) is 0 Å². The molecule has 0 amide bonds. The number of ketones is 1. The summed E-state index contributed by atoms with van der Waals surface area (Å²) >= 11 is 3.23. The Balaban J connectivity index is 2.46. The Hall–Kier alpha value is -1.36. The van der Waals surface area contributed by atoms with Crippen LogP contribution in [0, 0.1) is 0 Å². The van der Waals surface area contributed by atoms with Gasteiger partial charge in [0.15, 0.2) is 18.1 Å². The molecule has 0 bridgehead atoms. The summed E-state index contributed by atoms with van der Waals surface area (Å²) in [6.07, 6.45) is 4.80. The van der Waals surface area contributed by atoms with E-state index in [1.54, 1.807) is 29.4 Å². The number of hydrogen-bond donors (Lipinski definition) is 0. The smallest absolute Gasteiger partial charge is 0.194 e. The van der Waals surface area contributed by atoms with Crippen LogP contribution in [0.2, 0.25) is 0 Å². The van der Waals surface area contributed by atoms with Gasteiger partial charge in [0.1, 0.15) is 4.60 Å². The van der Waals surface area contributed by atoms with E-state index in [0.717, 1.165) is 0 Å². The number of carbonyl (C=O) groups excluding carboxylic acids is 1. The van der Waals surface area contributed by atoms with Crippen molar-refractivity contribution in [2.45, 2.75) is 0 Å². The predicted molar refractivity (Wildman–Crippen MR) is 65.3 cm³/mol. The summed E-state index contributed by atoms with van der Waals surface area (Å²) in [6.45, 7) is 0.00856. The highest BCUT2D eigenvalue weighted by atomic mass is 79.9. The van der Waals surface area contributed by atoms with E-state index in [9.17, 15) is 4.79 Å². The van der Waals surface area contributed by atoms with Crippen molar-refractivity contribution in [2.75, 3.05) is 20.7 Å². The normalized spacial score (nSPS) is 10.4. The molecule has 86 valence electrons. The Bertz CT molecular complexity index is 391. The van der Waals surface area contributed by atoms with Crippen LogP contribution in [-0.2, 0) is 4.79 Å². The molecular formula is C11H13BrN2O2. The SMILES string of the molecule is CN(C)C=CC(=O)COc1cccnc1Br. The number of nitrogens with zero attached hydrogens (tertiary/aromatic N) is 2. The number of aromatic nitrogens is 1. The molecule has 0 aliphatic rings. The Labute approximate surface area is 103 Å². The first-order chi connectivity index (χ1) is 7.59. The van der Waals surface area contributed by atoms with Crippen LogP contribution in [0.3, 0.4) is 0 Å². The van der Waals surface area contributed by atoms with Gasteiger partial charge in [-0.25, -0.2) is 4.98 Å². The van der Waals surface area contributed by atoms with Gasteiger partial charge >= 0.3 is 0 Å². The summed E-state index contributed by atoms with van der Waals surface area (Å²) in [4.78, 5) is 17.1. The number of hydrogen-bond acceptors (Lipinski definition) is 4. The third-order valence-electron chi connectivity index (χ3n) is 1.65. The van der Waals surface area contributed by atoms with Crippen molar-refractivity contribution in [1.29, 1.82) is 0 Å². The third-order valence-corrected chi connectivity index (χ3v) is 2.25. The van der Waals surface area contributed by atoms with Crippen LogP contribution in [0.15, 0.2) is 35.2 Å². The summed E-state index contributed by atoms with van der Waals surface area (Å²) in [5.41, 5.74) is 0. The van der Waals surface area contributed by atoms with Crippen LogP contribution >= 0.6 is 15.9 Å². The van der Waals surface area contributed by atoms with Gasteiger partial charge in [-0.05, 0) is 28.1 Å². The monoisotopic (exact) mass is 284 g/mol. The fraction of sp³-hybridized carbons (Fsp3) is 0.273. The van der Waals surface area contributed by atoms with Gasteiger partial charge in [0.25, 0.3) is 0 Å². The van der Waals surface area contributed by atoms with E-state index in [-0.39, 0.29) is 12.4 Å². The van der Waals surface area contributed by atoms with Crippen LogP contribution in [-0.4, -0.2) is 36.4 Å². The van der Waals surface area contributed by atoms with Crippen molar-refractivity contribution in [3.63, 3.8) is 0 Å². The zero-order valence-corrected chi connectivity index (χ0v) is 10.8. The van der Waals surface area contributed by atoms with Gasteiger partial charge in [0.05, 0.1) is 0 Å². The van der Waals surface area contributed by atoms with E-state index in [1.165, 1.54) is 6.08 Å².